The van der Waals surface area contributed by atoms with E-state index in [1.54, 1.807) is 6.33 Å². The Hall–Kier alpha value is -3.93. The second-order valence-corrected chi connectivity index (χ2v) is 17.1. The number of aryl methyl sites for hydroxylation is 3. The van der Waals surface area contributed by atoms with Crippen molar-refractivity contribution in [2.45, 2.75) is 122 Å². The predicted molar refractivity (Wildman–Crippen MR) is 233 cm³/mol. The van der Waals surface area contributed by atoms with Crippen molar-refractivity contribution in [2.75, 3.05) is 0 Å². The Morgan fingerprint density at radius 1 is 0.714 bits per heavy atom. The van der Waals surface area contributed by atoms with Crippen LogP contribution in [0.1, 0.15) is 113 Å². The van der Waals surface area contributed by atoms with Crippen LogP contribution in [0.3, 0.4) is 0 Å². The van der Waals surface area contributed by atoms with Gasteiger partial charge in [0, 0.05) is 23.5 Å². The molecule has 0 radical (unpaired) electrons. The molecule has 0 N–H and O–H groups in total. The molecule has 2 aliphatic rings. The number of fused-ring (bicyclic) bond motifs is 6. The smallest absolute Gasteiger partial charge is 0.671 e. The molecule has 2 heterocycles. The van der Waals surface area contributed by atoms with Crippen LogP contribution in [-0.2, 0) is 32.6 Å². The summed E-state index contributed by atoms with van der Waals surface area (Å²) >= 11 is 0. The SMILES string of the molecule is Cc1ccc2ccc3c4ncnc(-c5[c-]ccc6cc(C(C)(C)C)ccc56)c4n(C)c3c2c1C.[Ir+3].c1ccc(C([N-]C2CCCCC2)[N-]C2CCCCC2)cc1. The van der Waals surface area contributed by atoms with E-state index in [1.807, 2.05) is 6.07 Å². The van der Waals surface area contributed by atoms with Crippen LogP contribution in [0.4, 0.5) is 0 Å². The molecule has 2 fully saturated rings. The summed E-state index contributed by atoms with van der Waals surface area (Å²) < 4.78 is 2.28. The summed E-state index contributed by atoms with van der Waals surface area (Å²) in [6.07, 6.45) is 15.0. The fraction of sp³-hybridized carbons (Fsp3) is 0.400. The van der Waals surface area contributed by atoms with Crippen LogP contribution in [0.15, 0.2) is 91.3 Å². The maximum absolute atomic E-state index is 5.13. The molecule has 5 nitrogen and oxygen atoms in total. The van der Waals surface area contributed by atoms with Gasteiger partial charge in [-0.3, -0.25) is 4.98 Å². The Kier molecular flexibility index (Phi) is 12.4. The summed E-state index contributed by atoms with van der Waals surface area (Å²) in [7, 11) is 2.14. The van der Waals surface area contributed by atoms with Crippen molar-refractivity contribution in [3.8, 4) is 11.3 Å². The number of aromatic nitrogens is 3. The van der Waals surface area contributed by atoms with Gasteiger partial charge in [-0.15, -0.1) is 41.2 Å². The van der Waals surface area contributed by atoms with Gasteiger partial charge in [-0.25, -0.2) is 11.1 Å². The zero-order chi connectivity index (χ0) is 38.1. The summed E-state index contributed by atoms with van der Waals surface area (Å²) in [5, 5.41) is 16.4. The molecule has 0 aliphatic heterocycles. The molecule has 9 rings (SSSR count). The van der Waals surface area contributed by atoms with Gasteiger partial charge in [0.25, 0.3) is 0 Å². The van der Waals surface area contributed by atoms with Gasteiger partial charge < -0.3 is 15.2 Å². The Morgan fingerprint density at radius 3 is 2.02 bits per heavy atom. The molecule has 2 aliphatic carbocycles. The number of benzene rings is 5. The second-order valence-electron chi connectivity index (χ2n) is 17.1. The van der Waals surface area contributed by atoms with Crippen molar-refractivity contribution in [3.05, 3.63) is 130 Å². The third-order valence-corrected chi connectivity index (χ3v) is 12.3. The topological polar surface area (TPSA) is 58.9 Å². The van der Waals surface area contributed by atoms with Crippen molar-refractivity contribution >= 4 is 43.5 Å². The number of nitrogens with zero attached hydrogens (tertiary/aromatic N) is 5. The van der Waals surface area contributed by atoms with Crippen LogP contribution in [-0.4, -0.2) is 26.6 Å². The fourth-order valence-corrected chi connectivity index (χ4v) is 8.98. The van der Waals surface area contributed by atoms with Crippen LogP contribution in [0.25, 0.3) is 65.4 Å². The molecule has 2 aromatic heterocycles. The van der Waals surface area contributed by atoms with E-state index in [0.717, 1.165) is 33.1 Å². The maximum Gasteiger partial charge on any atom is 3.00 e. The van der Waals surface area contributed by atoms with Crippen molar-refractivity contribution in [1.29, 1.82) is 0 Å². The number of hydrogen-bond acceptors (Lipinski definition) is 2. The van der Waals surface area contributed by atoms with Gasteiger partial charge in [0.05, 0.1) is 16.6 Å². The third-order valence-electron chi connectivity index (χ3n) is 12.3. The predicted octanol–water partition coefficient (Wildman–Crippen LogP) is 13.9. The van der Waals surface area contributed by atoms with Crippen molar-refractivity contribution in [2.24, 2.45) is 7.05 Å². The van der Waals surface area contributed by atoms with E-state index in [4.69, 9.17) is 20.6 Å². The first-order valence-electron chi connectivity index (χ1n) is 20.7. The normalized spacial score (nSPS) is 15.7. The first-order valence-corrected chi connectivity index (χ1v) is 20.7. The minimum Gasteiger partial charge on any atom is -0.671 e. The van der Waals surface area contributed by atoms with Crippen LogP contribution in [0.5, 0.6) is 0 Å². The summed E-state index contributed by atoms with van der Waals surface area (Å²) in [5.74, 6) is 0. The van der Waals surface area contributed by atoms with Crippen LogP contribution < -0.4 is 0 Å². The molecule has 290 valence electrons. The van der Waals surface area contributed by atoms with Gasteiger partial charge in [-0.2, -0.15) is 0 Å². The molecule has 0 amide bonds. The van der Waals surface area contributed by atoms with E-state index in [2.05, 4.69) is 131 Å². The summed E-state index contributed by atoms with van der Waals surface area (Å²) in [5.41, 5.74) is 10.5. The maximum atomic E-state index is 5.13. The zero-order valence-corrected chi connectivity index (χ0v) is 36.4. The minimum atomic E-state index is 0. The number of hydrogen-bond donors (Lipinski definition) is 0. The van der Waals surface area contributed by atoms with Gasteiger partial charge in [0.15, 0.2) is 0 Å². The molecule has 0 spiro atoms. The molecule has 7 aromatic rings. The summed E-state index contributed by atoms with van der Waals surface area (Å²) in [4.78, 5) is 9.57. The molecule has 0 atom stereocenters. The molecule has 0 unspecified atom stereocenters. The van der Waals surface area contributed by atoms with E-state index in [1.165, 1.54) is 108 Å². The van der Waals surface area contributed by atoms with Gasteiger partial charge in [0.2, 0.25) is 0 Å². The molecule has 2 saturated carbocycles. The van der Waals surface area contributed by atoms with Crippen LogP contribution in [0.2, 0.25) is 0 Å². The minimum absolute atomic E-state index is 0. The average molecular weight is 919 g/mol. The molecule has 5 aromatic carbocycles. The zero-order valence-electron chi connectivity index (χ0n) is 34.0. The third kappa shape index (κ3) is 8.22. The molecular weight excluding hydrogens is 863 g/mol. The Morgan fingerprint density at radius 2 is 1.36 bits per heavy atom. The van der Waals surface area contributed by atoms with Gasteiger partial charge in [-0.1, -0.05) is 169 Å². The number of rotatable bonds is 6. The average Bonchev–Trinajstić information content (AvgIpc) is 3.51. The van der Waals surface area contributed by atoms with E-state index in [-0.39, 0.29) is 31.7 Å². The Bertz CT molecular complexity index is 2410. The Balaban J connectivity index is 0.000000188. The van der Waals surface area contributed by atoms with E-state index < -0.39 is 0 Å². The van der Waals surface area contributed by atoms with Crippen LogP contribution >= 0.6 is 0 Å². The largest absolute Gasteiger partial charge is 3.00 e. The quantitative estimate of drug-likeness (QED) is 0.156. The van der Waals surface area contributed by atoms with E-state index >= 15 is 0 Å². The van der Waals surface area contributed by atoms with Gasteiger partial charge >= 0.3 is 20.1 Å². The second kappa shape index (κ2) is 17.3. The van der Waals surface area contributed by atoms with Crippen molar-refractivity contribution < 1.29 is 20.1 Å². The Labute approximate surface area is 347 Å². The van der Waals surface area contributed by atoms with Crippen molar-refractivity contribution in [1.82, 2.24) is 14.5 Å². The van der Waals surface area contributed by atoms with E-state index in [9.17, 15) is 0 Å². The van der Waals surface area contributed by atoms with Crippen LogP contribution in [0, 0.1) is 19.9 Å². The van der Waals surface area contributed by atoms with Gasteiger partial charge in [0.1, 0.15) is 6.33 Å². The van der Waals surface area contributed by atoms with Crippen molar-refractivity contribution in [3.63, 3.8) is 0 Å². The molecule has 0 saturated heterocycles. The monoisotopic (exact) mass is 919 g/mol. The molecule has 6 heteroatoms. The molecular formula is C50H56IrN5. The van der Waals surface area contributed by atoms with E-state index in [0.29, 0.717) is 12.1 Å². The summed E-state index contributed by atoms with van der Waals surface area (Å²) in [6.45, 7) is 11.1. The molecule has 56 heavy (non-hydrogen) atoms. The first kappa shape index (κ1) is 40.3. The molecule has 0 bridgehead atoms. The van der Waals surface area contributed by atoms with Gasteiger partial charge in [-0.05, 0) is 41.3 Å². The summed E-state index contributed by atoms with van der Waals surface area (Å²) in [6, 6.07) is 35.1. The first-order chi connectivity index (χ1) is 26.7. The fourth-order valence-electron chi connectivity index (χ4n) is 8.98. The standard InChI is InChI=1S/C31H28N3.C19H28N2.Ir/c1-18-10-11-20-12-14-25-28-30(34(6)29(25)26(20)19(18)2)27(32-17-33-28)24-9-7-8-21-16-22(31(3,4)5)13-15-23(21)24;1-4-10-16(11-5-1)19(20-17-12-6-2-7-13-17)21-18-14-8-3-9-15-18;/h7-8,10-17H,1-6H3;1,4-5,10-11,17-19H,2-3,6-9,12-15H2;/q-1;-2;+3.